The highest BCUT2D eigenvalue weighted by Gasteiger charge is 2.00. The van der Waals surface area contributed by atoms with Gasteiger partial charge in [0.05, 0.1) is 7.11 Å². The van der Waals surface area contributed by atoms with Crippen LogP contribution in [0.3, 0.4) is 0 Å². The van der Waals surface area contributed by atoms with Crippen molar-refractivity contribution >= 4 is 5.97 Å². The van der Waals surface area contributed by atoms with Gasteiger partial charge in [0.15, 0.2) is 0 Å². The van der Waals surface area contributed by atoms with Crippen LogP contribution in [0.15, 0.2) is 0 Å². The quantitative estimate of drug-likeness (QED) is 0.463. The molecule has 0 fully saturated rings. The Morgan fingerprint density at radius 3 is 2.25 bits per heavy atom. The molecule has 1 atom stereocenters. The number of esters is 1. The highest BCUT2D eigenvalue weighted by molar-refractivity contribution is 5.68. The predicted octanol–water partition coefficient (Wildman–Crippen LogP) is 2.91. The molecule has 0 amide bonds. The third-order valence-electron chi connectivity index (χ3n) is 2.87. The number of carbonyl (C=O) groups excluding carboxylic acids is 1. The van der Waals surface area contributed by atoms with Crippen LogP contribution in [0.1, 0.15) is 58.3 Å². The molecular weight excluding hydrogens is 204 g/mol. The van der Waals surface area contributed by atoms with Gasteiger partial charge in [0.2, 0.25) is 0 Å². The van der Waals surface area contributed by atoms with E-state index in [1.807, 2.05) is 0 Å². The van der Waals surface area contributed by atoms with Crippen LogP contribution in [0.25, 0.3) is 0 Å². The van der Waals surface area contributed by atoms with Gasteiger partial charge in [-0.3, -0.25) is 4.79 Å². The van der Waals surface area contributed by atoms with Gasteiger partial charge >= 0.3 is 5.97 Å². The number of hydrogen-bond acceptors (Lipinski definition) is 3. The van der Waals surface area contributed by atoms with Gasteiger partial charge in [-0.05, 0) is 18.8 Å². The largest absolute Gasteiger partial charge is 0.469 e. The summed E-state index contributed by atoms with van der Waals surface area (Å²) < 4.78 is 4.57. The van der Waals surface area contributed by atoms with Crippen molar-refractivity contribution in [1.29, 1.82) is 0 Å². The normalized spacial score (nSPS) is 12.4. The van der Waals surface area contributed by atoms with Crippen molar-refractivity contribution in [1.82, 2.24) is 0 Å². The molecule has 0 rings (SSSR count). The number of ether oxygens (including phenoxy) is 1. The fourth-order valence-corrected chi connectivity index (χ4v) is 1.66. The molecule has 0 saturated carbocycles. The molecule has 0 spiro atoms. The first-order chi connectivity index (χ1) is 7.70. The van der Waals surface area contributed by atoms with Crippen molar-refractivity contribution in [2.24, 2.45) is 5.92 Å². The Kier molecular flexibility index (Phi) is 10.5. The molecule has 0 aliphatic heterocycles. The molecule has 96 valence electrons. The van der Waals surface area contributed by atoms with Gasteiger partial charge in [-0.15, -0.1) is 0 Å². The van der Waals surface area contributed by atoms with Crippen molar-refractivity contribution in [2.45, 2.75) is 58.3 Å². The van der Waals surface area contributed by atoms with Crippen molar-refractivity contribution in [3.8, 4) is 0 Å². The van der Waals surface area contributed by atoms with Gasteiger partial charge in [-0.2, -0.15) is 0 Å². The second-order valence-corrected chi connectivity index (χ2v) is 4.52. The van der Waals surface area contributed by atoms with Crippen LogP contribution < -0.4 is 0 Å². The second-order valence-electron chi connectivity index (χ2n) is 4.52. The lowest BCUT2D eigenvalue weighted by atomic mass is 10.0. The number of aliphatic hydroxyl groups is 1. The van der Waals surface area contributed by atoms with Crippen LogP contribution in [0.5, 0.6) is 0 Å². The van der Waals surface area contributed by atoms with Crippen LogP contribution in [-0.2, 0) is 9.53 Å². The molecule has 3 nitrogen and oxygen atoms in total. The van der Waals surface area contributed by atoms with Gasteiger partial charge in [0, 0.05) is 13.0 Å². The summed E-state index contributed by atoms with van der Waals surface area (Å²) in [6.45, 7) is 2.38. The zero-order chi connectivity index (χ0) is 12.2. The van der Waals surface area contributed by atoms with Crippen LogP contribution >= 0.6 is 0 Å². The summed E-state index contributed by atoms with van der Waals surface area (Å²) in [5.41, 5.74) is 0. The fourth-order valence-electron chi connectivity index (χ4n) is 1.66. The maximum atomic E-state index is 10.8. The number of rotatable bonds is 10. The van der Waals surface area contributed by atoms with E-state index in [0.29, 0.717) is 18.9 Å². The van der Waals surface area contributed by atoms with E-state index in [4.69, 9.17) is 5.11 Å². The number of carbonyl (C=O) groups is 1. The Morgan fingerprint density at radius 1 is 1.12 bits per heavy atom. The molecule has 1 unspecified atom stereocenters. The SMILES string of the molecule is COC(=O)CCCCCCCCC(C)CO. The van der Waals surface area contributed by atoms with E-state index < -0.39 is 0 Å². The van der Waals surface area contributed by atoms with Crippen LogP contribution in [0, 0.1) is 5.92 Å². The minimum Gasteiger partial charge on any atom is -0.469 e. The van der Waals surface area contributed by atoms with Crippen molar-refractivity contribution in [2.75, 3.05) is 13.7 Å². The summed E-state index contributed by atoms with van der Waals surface area (Å²) >= 11 is 0. The first kappa shape index (κ1) is 15.4. The molecule has 0 aliphatic rings. The topological polar surface area (TPSA) is 46.5 Å². The summed E-state index contributed by atoms with van der Waals surface area (Å²) in [7, 11) is 1.44. The Labute approximate surface area is 99.2 Å². The Morgan fingerprint density at radius 2 is 1.69 bits per heavy atom. The molecule has 0 saturated heterocycles. The van der Waals surface area contributed by atoms with Crippen LogP contribution in [0.4, 0.5) is 0 Å². The zero-order valence-electron chi connectivity index (χ0n) is 10.7. The molecule has 16 heavy (non-hydrogen) atoms. The first-order valence-electron chi connectivity index (χ1n) is 6.38. The third kappa shape index (κ3) is 9.97. The van der Waals surface area contributed by atoms with E-state index in [2.05, 4.69) is 11.7 Å². The lowest BCUT2D eigenvalue weighted by Crippen LogP contribution is -2.00. The van der Waals surface area contributed by atoms with E-state index in [1.165, 1.54) is 32.8 Å². The average Bonchev–Trinajstić information content (AvgIpc) is 2.31. The van der Waals surface area contributed by atoms with Crippen LogP contribution in [-0.4, -0.2) is 24.8 Å². The van der Waals surface area contributed by atoms with Gasteiger partial charge in [0.1, 0.15) is 0 Å². The highest BCUT2D eigenvalue weighted by Crippen LogP contribution is 2.12. The lowest BCUT2D eigenvalue weighted by molar-refractivity contribution is -0.140. The Hall–Kier alpha value is -0.570. The van der Waals surface area contributed by atoms with Crippen LogP contribution in [0.2, 0.25) is 0 Å². The first-order valence-corrected chi connectivity index (χ1v) is 6.38. The van der Waals surface area contributed by atoms with E-state index in [9.17, 15) is 4.79 Å². The molecule has 0 aliphatic carbocycles. The molecule has 0 heterocycles. The van der Waals surface area contributed by atoms with E-state index >= 15 is 0 Å². The molecule has 0 bridgehead atoms. The number of methoxy groups -OCH3 is 1. The third-order valence-corrected chi connectivity index (χ3v) is 2.87. The molecule has 1 N–H and O–H groups in total. The molecule has 0 radical (unpaired) electrons. The summed E-state index contributed by atoms with van der Waals surface area (Å²) in [5.74, 6) is 0.344. The lowest BCUT2D eigenvalue weighted by Gasteiger charge is -2.06. The molecule has 0 aromatic carbocycles. The van der Waals surface area contributed by atoms with Gasteiger partial charge < -0.3 is 9.84 Å². The maximum absolute atomic E-state index is 10.8. The van der Waals surface area contributed by atoms with E-state index in [-0.39, 0.29) is 5.97 Å². The molecule has 3 heteroatoms. The summed E-state index contributed by atoms with van der Waals surface area (Å²) in [6.07, 6.45) is 8.62. The van der Waals surface area contributed by atoms with Gasteiger partial charge in [0.25, 0.3) is 0 Å². The van der Waals surface area contributed by atoms with Gasteiger partial charge in [-0.25, -0.2) is 0 Å². The summed E-state index contributed by atoms with van der Waals surface area (Å²) in [4.78, 5) is 10.8. The standard InChI is InChI=1S/C13H26O3/c1-12(11-14)9-7-5-3-4-6-8-10-13(15)16-2/h12,14H,3-11H2,1-2H3. The second kappa shape index (κ2) is 10.9. The minimum atomic E-state index is -0.100. The maximum Gasteiger partial charge on any atom is 0.305 e. The monoisotopic (exact) mass is 230 g/mol. The number of hydrogen-bond donors (Lipinski definition) is 1. The molecular formula is C13H26O3. The summed E-state index contributed by atoms with van der Waals surface area (Å²) in [6, 6.07) is 0. The Balaban J connectivity index is 3.07. The van der Waals surface area contributed by atoms with E-state index in [1.54, 1.807) is 0 Å². The minimum absolute atomic E-state index is 0.100. The fraction of sp³-hybridized carbons (Fsp3) is 0.923. The van der Waals surface area contributed by atoms with Gasteiger partial charge in [-0.1, -0.05) is 39.0 Å². The number of aliphatic hydroxyl groups excluding tert-OH is 1. The van der Waals surface area contributed by atoms with Crippen molar-refractivity contribution in [3.05, 3.63) is 0 Å². The average molecular weight is 230 g/mol. The zero-order valence-corrected chi connectivity index (χ0v) is 10.7. The van der Waals surface area contributed by atoms with Crippen molar-refractivity contribution in [3.63, 3.8) is 0 Å². The number of unbranched alkanes of at least 4 members (excludes halogenated alkanes) is 5. The highest BCUT2D eigenvalue weighted by atomic mass is 16.5. The predicted molar refractivity (Wildman–Crippen MR) is 65.2 cm³/mol. The molecule has 0 aromatic rings. The van der Waals surface area contributed by atoms with Crippen molar-refractivity contribution < 1.29 is 14.6 Å². The Bertz CT molecular complexity index is 169. The molecule has 0 aromatic heterocycles. The van der Waals surface area contributed by atoms with E-state index in [0.717, 1.165) is 19.3 Å². The summed E-state index contributed by atoms with van der Waals surface area (Å²) in [5, 5.41) is 8.84. The smallest absolute Gasteiger partial charge is 0.305 e.